The van der Waals surface area contributed by atoms with Gasteiger partial charge in [-0.3, -0.25) is 19.3 Å². The number of amides is 2. The van der Waals surface area contributed by atoms with Crippen molar-refractivity contribution < 1.29 is 19.5 Å². The summed E-state index contributed by atoms with van der Waals surface area (Å²) < 4.78 is 0. The summed E-state index contributed by atoms with van der Waals surface area (Å²) in [7, 11) is 0. The Morgan fingerprint density at radius 3 is 2.31 bits per heavy atom. The number of benzene rings is 2. The molecule has 0 fully saturated rings. The Kier molecular flexibility index (Phi) is 8.65. The van der Waals surface area contributed by atoms with Crippen molar-refractivity contribution in [3.05, 3.63) is 41.5 Å². The zero-order chi connectivity index (χ0) is 22.9. The quantitative estimate of drug-likeness (QED) is 0.285. The van der Waals surface area contributed by atoms with E-state index in [2.05, 4.69) is 12.2 Å². The number of hydrogen-bond donors (Lipinski definition) is 2. The molecule has 6 nitrogen and oxygen atoms in total. The number of carboxylic acid groups (broad SMARTS) is 1. The van der Waals surface area contributed by atoms with E-state index in [1.807, 2.05) is 24.3 Å². The summed E-state index contributed by atoms with van der Waals surface area (Å²) in [5.74, 6) is -1.27. The fraction of sp³-hybridized carbons (Fsp3) is 0.500. The first-order valence-electron chi connectivity index (χ1n) is 11.9. The molecule has 2 aromatic carbocycles. The van der Waals surface area contributed by atoms with Crippen LogP contribution < -0.4 is 5.32 Å². The minimum atomic E-state index is -0.790. The first-order chi connectivity index (χ1) is 15.5. The van der Waals surface area contributed by atoms with Crippen LogP contribution in [-0.2, 0) is 4.79 Å². The van der Waals surface area contributed by atoms with E-state index in [9.17, 15) is 14.4 Å². The third-order valence-corrected chi connectivity index (χ3v) is 6.11. The molecule has 1 heterocycles. The zero-order valence-corrected chi connectivity index (χ0v) is 19.0. The number of anilines is 1. The number of hydrogen-bond acceptors (Lipinski definition) is 4. The Balaban J connectivity index is 1.67. The van der Waals surface area contributed by atoms with E-state index in [0.29, 0.717) is 30.5 Å². The summed E-state index contributed by atoms with van der Waals surface area (Å²) in [6.45, 7) is 3.44. The number of aliphatic carboxylic acids is 1. The first-order valence-corrected chi connectivity index (χ1v) is 11.9. The van der Waals surface area contributed by atoms with Crippen LogP contribution in [-0.4, -0.2) is 40.9 Å². The van der Waals surface area contributed by atoms with Crippen molar-refractivity contribution in [2.45, 2.75) is 71.1 Å². The Morgan fingerprint density at radius 1 is 0.875 bits per heavy atom. The van der Waals surface area contributed by atoms with Gasteiger partial charge in [-0.25, -0.2) is 0 Å². The molecule has 2 N–H and O–H groups in total. The molecule has 6 heteroatoms. The standard InChI is InChI=1S/C26H34N2O4/c1-2-3-4-6-9-17-27-22-16-15-21-24-19(22)12-11-13-20(24)25(31)28(26(21)32)18-10-7-5-8-14-23(29)30/h11-13,15-16,27H,2-10,14,17-18H2,1H3,(H,29,30). The lowest BCUT2D eigenvalue weighted by Crippen LogP contribution is -2.40. The van der Waals surface area contributed by atoms with Gasteiger partial charge in [0.1, 0.15) is 0 Å². The second-order valence-electron chi connectivity index (χ2n) is 8.55. The molecule has 0 radical (unpaired) electrons. The predicted molar refractivity (Wildman–Crippen MR) is 127 cm³/mol. The molecule has 3 rings (SSSR count). The van der Waals surface area contributed by atoms with Crippen molar-refractivity contribution >= 4 is 34.2 Å². The predicted octanol–water partition coefficient (Wildman–Crippen LogP) is 5.85. The maximum atomic E-state index is 13.1. The molecule has 2 amide bonds. The minimum absolute atomic E-state index is 0.159. The molecule has 0 saturated carbocycles. The summed E-state index contributed by atoms with van der Waals surface area (Å²) in [6, 6.07) is 9.44. The van der Waals surface area contributed by atoms with Crippen LogP contribution >= 0.6 is 0 Å². The lowest BCUT2D eigenvalue weighted by Gasteiger charge is -2.28. The molecular formula is C26H34N2O4. The van der Waals surface area contributed by atoms with Gasteiger partial charge in [0.15, 0.2) is 0 Å². The van der Waals surface area contributed by atoms with Gasteiger partial charge in [0.25, 0.3) is 11.8 Å². The maximum absolute atomic E-state index is 13.1. The molecule has 172 valence electrons. The molecule has 1 aliphatic heterocycles. The van der Waals surface area contributed by atoms with Crippen molar-refractivity contribution in [2.75, 3.05) is 18.4 Å². The Bertz CT molecular complexity index is 947. The van der Waals surface area contributed by atoms with Crippen molar-refractivity contribution in [2.24, 2.45) is 0 Å². The van der Waals surface area contributed by atoms with E-state index in [4.69, 9.17) is 5.11 Å². The average molecular weight is 439 g/mol. The molecule has 0 unspecified atom stereocenters. The second kappa shape index (κ2) is 11.7. The van der Waals surface area contributed by atoms with Crippen LogP contribution in [0.5, 0.6) is 0 Å². The smallest absolute Gasteiger partial charge is 0.303 e. The van der Waals surface area contributed by atoms with Gasteiger partial charge in [-0.2, -0.15) is 0 Å². The second-order valence-corrected chi connectivity index (χ2v) is 8.55. The highest BCUT2D eigenvalue weighted by Crippen LogP contribution is 2.34. The topological polar surface area (TPSA) is 86.7 Å². The highest BCUT2D eigenvalue weighted by molar-refractivity contribution is 6.26. The van der Waals surface area contributed by atoms with Crippen LogP contribution in [0, 0.1) is 0 Å². The van der Waals surface area contributed by atoms with E-state index in [1.54, 1.807) is 6.07 Å². The van der Waals surface area contributed by atoms with E-state index in [-0.39, 0.29) is 18.2 Å². The van der Waals surface area contributed by atoms with Gasteiger partial charge in [-0.05, 0) is 37.5 Å². The number of imide groups is 1. The molecule has 2 aromatic rings. The first kappa shape index (κ1) is 23.8. The molecule has 32 heavy (non-hydrogen) atoms. The lowest BCUT2D eigenvalue weighted by atomic mass is 9.92. The summed E-state index contributed by atoms with van der Waals surface area (Å²) >= 11 is 0. The number of unbranched alkanes of at least 4 members (excludes halogenated alkanes) is 7. The average Bonchev–Trinajstić information content (AvgIpc) is 2.78. The van der Waals surface area contributed by atoms with Crippen LogP contribution in [0.2, 0.25) is 0 Å². The van der Waals surface area contributed by atoms with Crippen LogP contribution in [0.25, 0.3) is 10.8 Å². The monoisotopic (exact) mass is 438 g/mol. The van der Waals surface area contributed by atoms with Crippen LogP contribution in [0.1, 0.15) is 91.8 Å². The van der Waals surface area contributed by atoms with Gasteiger partial charge < -0.3 is 10.4 Å². The highest BCUT2D eigenvalue weighted by Gasteiger charge is 2.32. The van der Waals surface area contributed by atoms with Crippen LogP contribution in [0.4, 0.5) is 5.69 Å². The fourth-order valence-corrected chi connectivity index (χ4v) is 4.35. The number of carbonyl (C=O) groups is 3. The number of nitrogens with zero attached hydrogens (tertiary/aromatic N) is 1. The minimum Gasteiger partial charge on any atom is -0.481 e. The molecular weight excluding hydrogens is 404 g/mol. The number of rotatable bonds is 14. The van der Waals surface area contributed by atoms with Crippen molar-refractivity contribution in [3.8, 4) is 0 Å². The number of carboxylic acids is 1. The SMILES string of the molecule is CCCCCCCNc1ccc2c3c(cccc13)C(=O)N(CCCCCCC(=O)O)C2=O. The Morgan fingerprint density at radius 2 is 1.56 bits per heavy atom. The van der Waals surface area contributed by atoms with Gasteiger partial charge >= 0.3 is 5.97 Å². The van der Waals surface area contributed by atoms with Gasteiger partial charge in [0, 0.05) is 47.1 Å². The molecule has 0 aromatic heterocycles. The molecule has 0 bridgehead atoms. The Hall–Kier alpha value is -2.89. The summed E-state index contributed by atoms with van der Waals surface area (Å²) in [5.41, 5.74) is 2.12. The van der Waals surface area contributed by atoms with E-state index < -0.39 is 5.97 Å². The van der Waals surface area contributed by atoms with Gasteiger partial charge in [0.2, 0.25) is 0 Å². The normalized spacial score (nSPS) is 13.1. The van der Waals surface area contributed by atoms with Gasteiger partial charge in [0.05, 0.1) is 0 Å². The van der Waals surface area contributed by atoms with E-state index >= 15 is 0 Å². The van der Waals surface area contributed by atoms with E-state index in [1.165, 1.54) is 30.6 Å². The summed E-state index contributed by atoms with van der Waals surface area (Å²) in [4.78, 5) is 38.2. The van der Waals surface area contributed by atoms with E-state index in [0.717, 1.165) is 42.3 Å². The third kappa shape index (κ3) is 5.67. The zero-order valence-electron chi connectivity index (χ0n) is 19.0. The summed E-state index contributed by atoms with van der Waals surface area (Å²) in [5, 5.41) is 13.9. The lowest BCUT2D eigenvalue weighted by molar-refractivity contribution is -0.137. The van der Waals surface area contributed by atoms with Crippen LogP contribution in [0.15, 0.2) is 30.3 Å². The van der Waals surface area contributed by atoms with Crippen molar-refractivity contribution in [1.29, 1.82) is 0 Å². The largest absolute Gasteiger partial charge is 0.481 e. The molecule has 1 aliphatic rings. The highest BCUT2D eigenvalue weighted by atomic mass is 16.4. The summed E-state index contributed by atoms with van der Waals surface area (Å²) in [6.07, 6.45) is 9.08. The van der Waals surface area contributed by atoms with Gasteiger partial charge in [-0.15, -0.1) is 0 Å². The number of carbonyl (C=O) groups excluding carboxylic acids is 2. The molecule has 0 spiro atoms. The fourth-order valence-electron chi connectivity index (χ4n) is 4.35. The van der Waals surface area contributed by atoms with Crippen molar-refractivity contribution in [1.82, 2.24) is 4.90 Å². The molecule has 0 atom stereocenters. The van der Waals surface area contributed by atoms with Gasteiger partial charge in [-0.1, -0.05) is 57.6 Å². The maximum Gasteiger partial charge on any atom is 0.303 e. The molecule has 0 saturated heterocycles. The number of nitrogens with one attached hydrogen (secondary N) is 1. The third-order valence-electron chi connectivity index (χ3n) is 6.11. The Labute approximate surface area is 190 Å². The molecule has 0 aliphatic carbocycles. The van der Waals surface area contributed by atoms with Crippen molar-refractivity contribution in [3.63, 3.8) is 0 Å². The van der Waals surface area contributed by atoms with Crippen LogP contribution in [0.3, 0.4) is 0 Å².